The van der Waals surface area contributed by atoms with Crippen LogP contribution >= 0.6 is 11.3 Å². The van der Waals surface area contributed by atoms with Gasteiger partial charge in [-0.3, -0.25) is 4.79 Å². The number of aliphatic hydroxyl groups is 1. The van der Waals surface area contributed by atoms with Crippen molar-refractivity contribution in [3.63, 3.8) is 0 Å². The third-order valence-electron chi connectivity index (χ3n) is 2.32. The number of thiophene rings is 1. The molecule has 0 radical (unpaired) electrons. The topological polar surface area (TPSA) is 62.5 Å². The van der Waals surface area contributed by atoms with Crippen LogP contribution in [0, 0.1) is 11.8 Å². The summed E-state index contributed by atoms with van der Waals surface area (Å²) in [6.45, 7) is 0.544. The maximum absolute atomic E-state index is 11.7. The molecule has 0 aromatic carbocycles. The maximum atomic E-state index is 11.7. The Hall–Kier alpha value is -2.03. The standard InChI is InChI=1S/C14H13NO3S/c16-7-2-1-3-12-4-5-13(19-12)9-15-14(17)11-6-8-18-10-11/h4-6,8,10,16H,2,7,9H2,(H,15,17). The Bertz CT molecular complexity index is 590. The molecule has 0 aliphatic heterocycles. The molecule has 0 saturated carbocycles. The lowest BCUT2D eigenvalue weighted by molar-refractivity contribution is 0.0950. The Morgan fingerprint density at radius 3 is 3.05 bits per heavy atom. The molecule has 5 heteroatoms. The quantitative estimate of drug-likeness (QED) is 0.839. The van der Waals surface area contributed by atoms with Crippen LogP contribution in [-0.2, 0) is 6.54 Å². The van der Waals surface area contributed by atoms with Crippen molar-refractivity contribution < 1.29 is 14.3 Å². The van der Waals surface area contributed by atoms with Gasteiger partial charge in [-0.15, -0.1) is 11.3 Å². The van der Waals surface area contributed by atoms with Gasteiger partial charge in [-0.05, 0) is 18.2 Å². The van der Waals surface area contributed by atoms with Gasteiger partial charge in [0.05, 0.1) is 29.9 Å². The number of nitrogens with one attached hydrogen (secondary N) is 1. The molecule has 4 nitrogen and oxygen atoms in total. The number of aliphatic hydroxyl groups excluding tert-OH is 1. The van der Waals surface area contributed by atoms with Crippen molar-refractivity contribution in [2.75, 3.05) is 6.61 Å². The zero-order chi connectivity index (χ0) is 13.5. The summed E-state index contributed by atoms with van der Waals surface area (Å²) < 4.78 is 4.85. The molecule has 2 N–H and O–H groups in total. The van der Waals surface area contributed by atoms with Gasteiger partial charge in [0.2, 0.25) is 0 Å². The molecule has 0 atom stereocenters. The number of hydrogen-bond acceptors (Lipinski definition) is 4. The molecule has 2 aromatic heterocycles. The Kier molecular flexibility index (Phi) is 4.78. The highest BCUT2D eigenvalue weighted by molar-refractivity contribution is 7.12. The Labute approximate surface area is 115 Å². The van der Waals surface area contributed by atoms with Gasteiger partial charge in [0.15, 0.2) is 0 Å². The Morgan fingerprint density at radius 2 is 2.32 bits per heavy atom. The Balaban J connectivity index is 1.87. The summed E-state index contributed by atoms with van der Waals surface area (Å²) in [6.07, 6.45) is 3.36. The van der Waals surface area contributed by atoms with E-state index >= 15 is 0 Å². The first-order valence-electron chi connectivity index (χ1n) is 5.78. The molecule has 1 amide bonds. The van der Waals surface area contributed by atoms with Crippen LogP contribution < -0.4 is 5.32 Å². The molecule has 2 heterocycles. The zero-order valence-corrected chi connectivity index (χ0v) is 11.0. The minimum atomic E-state index is -0.157. The van der Waals surface area contributed by atoms with Crippen LogP contribution in [0.1, 0.15) is 26.5 Å². The fraction of sp³-hybridized carbons (Fsp3) is 0.214. The summed E-state index contributed by atoms with van der Waals surface area (Å²) in [6, 6.07) is 5.47. The third kappa shape index (κ3) is 3.98. The summed E-state index contributed by atoms with van der Waals surface area (Å²) in [5, 5.41) is 11.4. The van der Waals surface area contributed by atoms with Crippen LogP contribution in [0.5, 0.6) is 0 Å². The SMILES string of the molecule is O=C(NCc1ccc(C#CCCO)s1)c1ccoc1. The fourth-order valence-electron chi connectivity index (χ4n) is 1.41. The summed E-state index contributed by atoms with van der Waals surface area (Å²) in [4.78, 5) is 13.6. The molecule has 0 saturated heterocycles. The average Bonchev–Trinajstić information content (AvgIpc) is 3.08. The molecule has 2 rings (SSSR count). The monoisotopic (exact) mass is 275 g/mol. The molecule has 0 aliphatic rings. The lowest BCUT2D eigenvalue weighted by Crippen LogP contribution is -2.21. The molecular formula is C14H13NO3S. The van der Waals surface area contributed by atoms with E-state index in [2.05, 4.69) is 17.2 Å². The summed E-state index contributed by atoms with van der Waals surface area (Å²) >= 11 is 1.53. The smallest absolute Gasteiger partial charge is 0.254 e. The average molecular weight is 275 g/mol. The second kappa shape index (κ2) is 6.78. The van der Waals surface area contributed by atoms with E-state index in [1.54, 1.807) is 6.07 Å². The van der Waals surface area contributed by atoms with Crippen molar-refractivity contribution in [2.24, 2.45) is 0 Å². The van der Waals surface area contributed by atoms with Crippen LogP contribution in [-0.4, -0.2) is 17.6 Å². The maximum Gasteiger partial charge on any atom is 0.254 e. The van der Waals surface area contributed by atoms with Gasteiger partial charge in [0.1, 0.15) is 6.26 Å². The van der Waals surface area contributed by atoms with Crippen LogP contribution in [0.2, 0.25) is 0 Å². The van der Waals surface area contributed by atoms with E-state index in [0.717, 1.165) is 9.75 Å². The molecule has 2 aromatic rings. The van der Waals surface area contributed by atoms with E-state index < -0.39 is 0 Å². The van der Waals surface area contributed by atoms with Crippen LogP contribution in [0.3, 0.4) is 0 Å². The van der Waals surface area contributed by atoms with E-state index in [9.17, 15) is 4.79 Å². The van der Waals surface area contributed by atoms with Gasteiger partial charge in [-0.2, -0.15) is 0 Å². The molecule has 0 aliphatic carbocycles. The number of hydrogen-bond donors (Lipinski definition) is 2. The lowest BCUT2D eigenvalue weighted by Gasteiger charge is -2.00. The predicted molar refractivity (Wildman–Crippen MR) is 72.8 cm³/mol. The molecule has 0 bridgehead atoms. The highest BCUT2D eigenvalue weighted by Gasteiger charge is 2.06. The highest BCUT2D eigenvalue weighted by atomic mass is 32.1. The van der Waals surface area contributed by atoms with E-state index in [-0.39, 0.29) is 12.5 Å². The minimum absolute atomic E-state index is 0.0754. The number of amides is 1. The number of carbonyl (C=O) groups is 1. The predicted octanol–water partition coefficient (Wildman–Crippen LogP) is 2.00. The van der Waals surface area contributed by atoms with Gasteiger partial charge in [-0.25, -0.2) is 0 Å². The number of furan rings is 1. The largest absolute Gasteiger partial charge is 0.472 e. The van der Waals surface area contributed by atoms with Crippen LogP contribution in [0.15, 0.2) is 35.1 Å². The number of carbonyl (C=O) groups excluding carboxylic acids is 1. The molecule has 0 fully saturated rings. The fourth-order valence-corrected chi connectivity index (χ4v) is 2.23. The first-order valence-corrected chi connectivity index (χ1v) is 6.60. The molecule has 0 unspecified atom stereocenters. The summed E-state index contributed by atoms with van der Waals surface area (Å²) in [5.74, 6) is 5.67. The van der Waals surface area contributed by atoms with Gasteiger partial charge < -0.3 is 14.8 Å². The molecule has 98 valence electrons. The summed E-state index contributed by atoms with van der Waals surface area (Å²) in [5.41, 5.74) is 0.513. The van der Waals surface area contributed by atoms with Crippen LogP contribution in [0.4, 0.5) is 0 Å². The van der Waals surface area contributed by atoms with Gasteiger partial charge in [-0.1, -0.05) is 11.8 Å². The molecule has 19 heavy (non-hydrogen) atoms. The molecular weight excluding hydrogens is 262 g/mol. The van der Waals surface area contributed by atoms with Crippen molar-refractivity contribution in [3.05, 3.63) is 46.0 Å². The minimum Gasteiger partial charge on any atom is -0.472 e. The molecule has 0 spiro atoms. The van der Waals surface area contributed by atoms with E-state index in [1.807, 2.05) is 12.1 Å². The highest BCUT2D eigenvalue weighted by Crippen LogP contribution is 2.15. The lowest BCUT2D eigenvalue weighted by atomic mass is 10.3. The van der Waals surface area contributed by atoms with E-state index in [0.29, 0.717) is 18.5 Å². The summed E-state index contributed by atoms with van der Waals surface area (Å²) in [7, 11) is 0. The van der Waals surface area contributed by atoms with E-state index in [1.165, 1.54) is 23.9 Å². The zero-order valence-electron chi connectivity index (χ0n) is 10.2. The normalized spacial score (nSPS) is 9.74. The second-order valence-corrected chi connectivity index (χ2v) is 4.90. The van der Waals surface area contributed by atoms with Gasteiger partial charge >= 0.3 is 0 Å². The van der Waals surface area contributed by atoms with Crippen molar-refractivity contribution in [1.29, 1.82) is 0 Å². The Morgan fingerprint density at radius 1 is 1.42 bits per heavy atom. The van der Waals surface area contributed by atoms with Crippen LogP contribution in [0.25, 0.3) is 0 Å². The number of rotatable bonds is 4. The first-order chi connectivity index (χ1) is 9.29. The van der Waals surface area contributed by atoms with Gasteiger partial charge in [0.25, 0.3) is 5.91 Å². The van der Waals surface area contributed by atoms with Crippen molar-refractivity contribution in [2.45, 2.75) is 13.0 Å². The van der Waals surface area contributed by atoms with E-state index in [4.69, 9.17) is 9.52 Å². The first kappa shape index (κ1) is 13.4. The van der Waals surface area contributed by atoms with Crippen molar-refractivity contribution in [3.8, 4) is 11.8 Å². The third-order valence-corrected chi connectivity index (χ3v) is 3.32. The second-order valence-electron chi connectivity index (χ2n) is 3.74. The van der Waals surface area contributed by atoms with Crippen molar-refractivity contribution >= 4 is 17.2 Å². The van der Waals surface area contributed by atoms with Gasteiger partial charge in [0, 0.05) is 11.3 Å². The van der Waals surface area contributed by atoms with Crippen molar-refractivity contribution in [1.82, 2.24) is 5.32 Å².